The summed E-state index contributed by atoms with van der Waals surface area (Å²) in [6.07, 6.45) is 7.90. The predicted octanol–water partition coefficient (Wildman–Crippen LogP) is 6.51. The SMILES string of the molecule is COC(=O)N[C@H](C(=O)N1CCC[C@H]1c1ncc(-c2ccc3c(ccc4oc5cc(-c6cnc([C@@H]7CCCN7C(=O)[C@@H](NC(=O)OC)C7CCOCC7)[nH]6)ccc5c(=O)c43)c2)[nH]1)C1CCOCC1. The van der Waals surface area contributed by atoms with Crippen LogP contribution in [-0.2, 0) is 28.5 Å². The van der Waals surface area contributed by atoms with Crippen LogP contribution in [-0.4, -0.2) is 120 Å². The van der Waals surface area contributed by atoms with E-state index in [4.69, 9.17) is 33.3 Å². The van der Waals surface area contributed by atoms with Crippen LogP contribution in [0.5, 0.6) is 0 Å². The molecule has 4 atom stereocenters. The van der Waals surface area contributed by atoms with Gasteiger partial charge < -0.3 is 53.8 Å². The number of alkyl carbamates (subject to hydrolysis) is 2. The lowest BCUT2D eigenvalue weighted by atomic mass is 9.90. The monoisotopic (exact) mass is 914 g/mol. The van der Waals surface area contributed by atoms with E-state index < -0.39 is 24.3 Å². The fraction of sp³-hybridized carbons (Fsp3) is 0.449. The molecule has 4 saturated heterocycles. The molecule has 0 radical (unpaired) electrons. The first-order valence-corrected chi connectivity index (χ1v) is 23.2. The van der Waals surface area contributed by atoms with Crippen molar-refractivity contribution in [1.29, 1.82) is 0 Å². The summed E-state index contributed by atoms with van der Waals surface area (Å²) in [5.41, 5.74) is 3.85. The third-order valence-electron chi connectivity index (χ3n) is 14.1. The van der Waals surface area contributed by atoms with Crippen molar-refractivity contribution < 1.29 is 42.5 Å². The van der Waals surface area contributed by atoms with Crippen molar-refractivity contribution in [1.82, 2.24) is 40.4 Å². The number of carbonyl (C=O) groups excluding carboxylic acids is 4. The quantitative estimate of drug-likeness (QED) is 0.0853. The molecule has 4 amide bonds. The van der Waals surface area contributed by atoms with Crippen LogP contribution in [0.3, 0.4) is 0 Å². The minimum atomic E-state index is -0.733. The van der Waals surface area contributed by atoms with Gasteiger partial charge in [0.15, 0.2) is 0 Å². The van der Waals surface area contributed by atoms with Crippen LogP contribution in [0, 0.1) is 11.8 Å². The van der Waals surface area contributed by atoms with Crippen molar-refractivity contribution in [2.24, 2.45) is 11.8 Å². The van der Waals surface area contributed by atoms with Crippen molar-refractivity contribution in [3.8, 4) is 22.5 Å². The molecule has 4 aliphatic rings. The number of nitrogens with one attached hydrogen (secondary N) is 4. The number of hydrogen-bond donors (Lipinski definition) is 4. The standard InChI is InChI=1S/C49H54N8O10/c1-63-48(61)54-41(27-13-19-65-20-14-27)46(59)56-17-3-5-36(56)44-50-25-34(52-44)30-7-10-32-29(23-30)9-12-38-40(32)43(58)33-11-8-31(24-39(33)67-38)35-26-51-45(53-35)37-6-4-18-57(37)47(60)42(55-49(62)64-2)28-15-21-66-22-16-28/h7-12,23-28,36-37,41-42H,3-6,13-22H2,1-2H3,(H,50,52)(H,51,53)(H,54,61)(H,55,62)/t36-,37-,41-,42-/m0/s1. The minimum absolute atomic E-state index is 0.0624. The van der Waals surface area contributed by atoms with Gasteiger partial charge in [-0.15, -0.1) is 0 Å². The van der Waals surface area contributed by atoms with Crippen LogP contribution in [0.4, 0.5) is 9.59 Å². The summed E-state index contributed by atoms with van der Waals surface area (Å²) in [7, 11) is 2.58. The van der Waals surface area contributed by atoms with Gasteiger partial charge in [-0.05, 0) is 98.2 Å². The number of ether oxygens (including phenoxy) is 4. The lowest BCUT2D eigenvalue weighted by Gasteiger charge is -2.34. The molecule has 3 aromatic heterocycles. The van der Waals surface area contributed by atoms with E-state index in [1.54, 1.807) is 23.4 Å². The number of fused-ring (bicyclic) bond motifs is 4. The number of aromatic amines is 2. The summed E-state index contributed by atoms with van der Waals surface area (Å²) in [5.74, 6) is 0.863. The Hall–Kier alpha value is -6.79. The van der Waals surface area contributed by atoms with Gasteiger partial charge in [-0.25, -0.2) is 19.6 Å². The number of nitrogens with zero attached hydrogens (tertiary/aromatic N) is 4. The molecule has 6 aromatic rings. The average molecular weight is 915 g/mol. The van der Waals surface area contributed by atoms with Crippen LogP contribution in [0.25, 0.3) is 55.2 Å². The van der Waals surface area contributed by atoms with Crippen molar-refractivity contribution in [3.05, 3.63) is 82.8 Å². The third-order valence-corrected chi connectivity index (χ3v) is 14.1. The van der Waals surface area contributed by atoms with Gasteiger partial charge in [0.05, 0.1) is 60.9 Å². The van der Waals surface area contributed by atoms with Gasteiger partial charge in [0.1, 0.15) is 34.9 Å². The van der Waals surface area contributed by atoms with Crippen molar-refractivity contribution in [3.63, 3.8) is 0 Å². The zero-order valence-electron chi connectivity index (χ0n) is 37.5. The molecule has 67 heavy (non-hydrogen) atoms. The number of carbonyl (C=O) groups is 4. The van der Waals surface area contributed by atoms with Crippen molar-refractivity contribution in [2.75, 3.05) is 53.7 Å². The Morgan fingerprint density at radius 3 is 1.69 bits per heavy atom. The Bertz CT molecular complexity index is 2900. The van der Waals surface area contributed by atoms with E-state index in [0.29, 0.717) is 111 Å². The second kappa shape index (κ2) is 18.8. The first-order valence-electron chi connectivity index (χ1n) is 23.2. The maximum atomic E-state index is 14.3. The molecule has 4 fully saturated rings. The zero-order valence-corrected chi connectivity index (χ0v) is 37.5. The number of hydrogen-bond acceptors (Lipinski definition) is 12. The fourth-order valence-corrected chi connectivity index (χ4v) is 10.5. The van der Waals surface area contributed by atoms with Gasteiger partial charge in [0, 0.05) is 50.6 Å². The minimum Gasteiger partial charge on any atom is -0.456 e. The third kappa shape index (κ3) is 8.59. The molecule has 0 bridgehead atoms. The number of rotatable bonds is 10. The summed E-state index contributed by atoms with van der Waals surface area (Å²) in [5, 5.41) is 8.11. The molecule has 10 rings (SSSR count). The number of benzene rings is 3. The van der Waals surface area contributed by atoms with Crippen LogP contribution in [0.2, 0.25) is 0 Å². The highest BCUT2D eigenvalue weighted by Gasteiger charge is 2.42. The molecule has 18 nitrogen and oxygen atoms in total. The van der Waals surface area contributed by atoms with E-state index in [1.165, 1.54) is 14.2 Å². The van der Waals surface area contributed by atoms with E-state index in [0.717, 1.165) is 46.9 Å². The molecular formula is C49H54N8O10. The number of methoxy groups -OCH3 is 2. The Balaban J connectivity index is 0.875. The van der Waals surface area contributed by atoms with Gasteiger partial charge in [-0.2, -0.15) is 0 Å². The molecule has 4 N–H and O–H groups in total. The van der Waals surface area contributed by atoms with Crippen molar-refractivity contribution in [2.45, 2.75) is 75.5 Å². The highest BCUT2D eigenvalue weighted by atomic mass is 16.5. The van der Waals surface area contributed by atoms with E-state index in [1.807, 2.05) is 47.4 Å². The van der Waals surface area contributed by atoms with Gasteiger partial charge >= 0.3 is 12.2 Å². The topological polar surface area (TPSA) is 223 Å². The summed E-state index contributed by atoms with van der Waals surface area (Å²) >= 11 is 0. The van der Waals surface area contributed by atoms with E-state index in [2.05, 4.69) is 20.6 Å². The smallest absolute Gasteiger partial charge is 0.407 e. The Labute approximate surface area is 385 Å². The van der Waals surface area contributed by atoms with Gasteiger partial charge in [-0.3, -0.25) is 14.4 Å². The molecule has 350 valence electrons. The Morgan fingerprint density at radius 1 is 0.657 bits per heavy atom. The molecule has 0 aliphatic carbocycles. The van der Waals surface area contributed by atoms with Crippen molar-refractivity contribution >= 4 is 56.7 Å². The van der Waals surface area contributed by atoms with E-state index >= 15 is 0 Å². The number of aromatic nitrogens is 4. The maximum absolute atomic E-state index is 14.3. The molecule has 7 heterocycles. The van der Waals surface area contributed by atoms with Crippen LogP contribution >= 0.6 is 0 Å². The Morgan fingerprint density at radius 2 is 1.16 bits per heavy atom. The number of amides is 4. The molecule has 0 saturated carbocycles. The molecule has 0 spiro atoms. The van der Waals surface area contributed by atoms with E-state index in [-0.39, 0.29) is 41.2 Å². The first kappa shape index (κ1) is 44.1. The zero-order chi connectivity index (χ0) is 46.2. The van der Waals surface area contributed by atoms with Gasteiger partial charge in [-0.1, -0.05) is 24.3 Å². The molecular weight excluding hydrogens is 861 g/mol. The number of H-pyrrole nitrogens is 2. The number of imidazole rings is 2. The summed E-state index contributed by atoms with van der Waals surface area (Å²) < 4.78 is 27.2. The second-order valence-corrected chi connectivity index (χ2v) is 17.9. The second-order valence-electron chi connectivity index (χ2n) is 17.9. The first-order chi connectivity index (χ1) is 32.7. The lowest BCUT2D eigenvalue weighted by molar-refractivity contribution is -0.137. The largest absolute Gasteiger partial charge is 0.456 e. The lowest BCUT2D eigenvalue weighted by Crippen LogP contribution is -2.53. The fourth-order valence-electron chi connectivity index (χ4n) is 10.5. The van der Waals surface area contributed by atoms with Crippen LogP contribution in [0.1, 0.15) is 75.1 Å². The number of likely N-dealkylation sites (tertiary alicyclic amines) is 2. The Kier molecular flexibility index (Phi) is 12.4. The van der Waals surface area contributed by atoms with Gasteiger partial charge in [0.2, 0.25) is 17.2 Å². The van der Waals surface area contributed by atoms with E-state index in [9.17, 15) is 24.0 Å². The van der Waals surface area contributed by atoms with Crippen LogP contribution in [0.15, 0.2) is 70.1 Å². The highest BCUT2D eigenvalue weighted by molar-refractivity contribution is 6.09. The normalized spacial score (nSPS) is 20.3. The summed E-state index contributed by atoms with van der Waals surface area (Å²) in [6.45, 7) is 3.22. The van der Waals surface area contributed by atoms with Gasteiger partial charge in [0.25, 0.3) is 0 Å². The molecule has 3 aromatic carbocycles. The van der Waals surface area contributed by atoms with Crippen LogP contribution < -0.4 is 16.1 Å². The molecule has 4 aliphatic heterocycles. The summed E-state index contributed by atoms with van der Waals surface area (Å²) in [4.78, 5) is 87.0. The molecule has 18 heteroatoms. The summed E-state index contributed by atoms with van der Waals surface area (Å²) in [6, 6.07) is 13.0. The predicted molar refractivity (Wildman–Crippen MR) is 246 cm³/mol. The molecule has 0 unspecified atom stereocenters. The highest BCUT2D eigenvalue weighted by Crippen LogP contribution is 2.37. The average Bonchev–Trinajstić information content (AvgIpc) is 4.22. The maximum Gasteiger partial charge on any atom is 0.407 e.